The van der Waals surface area contributed by atoms with Crippen molar-refractivity contribution in [2.24, 2.45) is 5.92 Å². The van der Waals surface area contributed by atoms with Gasteiger partial charge in [0, 0.05) is 29.7 Å². The average Bonchev–Trinajstić information content (AvgIpc) is 3.55. The second-order valence-electron chi connectivity index (χ2n) is 10.6. The number of nitrogens with zero attached hydrogens (tertiary/aromatic N) is 1. The third-order valence-corrected chi connectivity index (χ3v) is 11.6. The van der Waals surface area contributed by atoms with Crippen LogP contribution < -0.4 is 15.4 Å². The van der Waals surface area contributed by atoms with Gasteiger partial charge in [0.2, 0.25) is 5.91 Å². The Morgan fingerprint density at radius 3 is 2.56 bits per heavy atom. The van der Waals surface area contributed by atoms with Crippen LogP contribution in [-0.2, 0) is 9.22 Å². The molecule has 182 valence electrons. The average molecular weight is 480 g/mol. The van der Waals surface area contributed by atoms with Crippen LogP contribution in [0.25, 0.3) is 16.6 Å². The number of hydrogen-bond donors (Lipinski definition) is 2. The van der Waals surface area contributed by atoms with Gasteiger partial charge >= 0.3 is 0 Å². The van der Waals surface area contributed by atoms with Gasteiger partial charge in [0.1, 0.15) is 5.75 Å². The fraction of sp³-hybridized carbons (Fsp3) is 0.444. The molecule has 1 amide bonds. The molecule has 4 rings (SSSR count). The Morgan fingerprint density at radius 2 is 1.88 bits per heavy atom. The van der Waals surface area contributed by atoms with Gasteiger partial charge in [0.05, 0.1) is 30.6 Å². The summed E-state index contributed by atoms with van der Waals surface area (Å²) in [6.07, 6.45) is 3.95. The molecule has 1 heterocycles. The van der Waals surface area contributed by atoms with Crippen LogP contribution in [0.2, 0.25) is 18.1 Å². The van der Waals surface area contributed by atoms with Crippen LogP contribution in [0.5, 0.6) is 5.75 Å². The highest BCUT2D eigenvalue weighted by atomic mass is 28.4. The molecule has 1 fully saturated rings. The molecule has 1 saturated carbocycles. The van der Waals surface area contributed by atoms with Crippen molar-refractivity contribution in [1.29, 1.82) is 0 Å². The molecule has 1 aromatic heterocycles. The molecule has 0 bridgehead atoms. The number of anilines is 2. The van der Waals surface area contributed by atoms with E-state index in [0.29, 0.717) is 13.2 Å². The zero-order valence-corrected chi connectivity index (χ0v) is 22.2. The summed E-state index contributed by atoms with van der Waals surface area (Å²) in [5.41, 5.74) is 3.67. The molecular weight excluding hydrogens is 442 g/mol. The lowest BCUT2D eigenvalue weighted by Crippen LogP contribution is -2.41. The van der Waals surface area contributed by atoms with Crippen LogP contribution in [0, 0.1) is 5.92 Å². The molecule has 7 heteroatoms. The summed E-state index contributed by atoms with van der Waals surface area (Å²) in [5, 5.41) is 7.93. The van der Waals surface area contributed by atoms with Gasteiger partial charge in [-0.2, -0.15) is 0 Å². The number of ether oxygens (including phenoxy) is 1. The van der Waals surface area contributed by atoms with Crippen LogP contribution in [0.4, 0.5) is 11.4 Å². The van der Waals surface area contributed by atoms with Crippen LogP contribution in [-0.4, -0.2) is 39.1 Å². The summed E-state index contributed by atoms with van der Waals surface area (Å²) in [7, 11) is -0.106. The first-order chi connectivity index (χ1) is 16.1. The molecule has 0 aliphatic heterocycles. The van der Waals surface area contributed by atoms with E-state index < -0.39 is 8.32 Å². The predicted molar refractivity (Wildman–Crippen MR) is 143 cm³/mol. The summed E-state index contributed by atoms with van der Waals surface area (Å²) in [5.74, 6) is 0.997. The van der Waals surface area contributed by atoms with Crippen molar-refractivity contribution in [3.8, 4) is 11.4 Å². The third-order valence-electron chi connectivity index (χ3n) is 7.03. The van der Waals surface area contributed by atoms with Crippen molar-refractivity contribution in [3.63, 3.8) is 0 Å². The van der Waals surface area contributed by atoms with Gasteiger partial charge in [-0.1, -0.05) is 32.9 Å². The van der Waals surface area contributed by atoms with E-state index >= 15 is 0 Å². The fourth-order valence-corrected chi connectivity index (χ4v) is 4.85. The van der Waals surface area contributed by atoms with Crippen LogP contribution in [0.1, 0.15) is 33.6 Å². The maximum Gasteiger partial charge on any atom is 0.227 e. The first-order valence-corrected chi connectivity index (χ1v) is 15.0. The van der Waals surface area contributed by atoms with Gasteiger partial charge < -0.3 is 24.4 Å². The molecule has 0 saturated heterocycles. The summed E-state index contributed by atoms with van der Waals surface area (Å²) in [6, 6.07) is 14.1. The molecule has 3 aromatic rings. The number of nitrogens with one attached hydrogen (secondary N) is 2. The third kappa shape index (κ3) is 5.15. The van der Waals surface area contributed by atoms with E-state index in [1.807, 2.05) is 36.5 Å². The van der Waals surface area contributed by atoms with Crippen molar-refractivity contribution in [1.82, 2.24) is 4.57 Å². The van der Waals surface area contributed by atoms with Crippen molar-refractivity contribution in [2.75, 3.05) is 30.9 Å². The number of benzene rings is 2. The number of amides is 1. The Labute approximate surface area is 203 Å². The summed E-state index contributed by atoms with van der Waals surface area (Å²) in [4.78, 5) is 12.7. The largest absolute Gasteiger partial charge is 0.495 e. The minimum atomic E-state index is -1.78. The number of methoxy groups -OCH3 is 1. The van der Waals surface area contributed by atoms with Gasteiger partial charge in [-0.05, 0) is 61.3 Å². The first kappa shape index (κ1) is 24.4. The van der Waals surface area contributed by atoms with E-state index in [9.17, 15) is 4.79 Å². The van der Waals surface area contributed by atoms with E-state index in [1.54, 1.807) is 7.11 Å². The molecule has 1 aliphatic carbocycles. The van der Waals surface area contributed by atoms with Crippen molar-refractivity contribution < 1.29 is 14.0 Å². The quantitative estimate of drug-likeness (QED) is 0.274. The minimum Gasteiger partial charge on any atom is -0.495 e. The highest BCUT2D eigenvalue weighted by molar-refractivity contribution is 6.74. The first-order valence-electron chi connectivity index (χ1n) is 12.1. The number of carbonyl (C=O) groups excluding carboxylic acids is 1. The molecule has 2 N–H and O–H groups in total. The minimum absolute atomic E-state index is 0.0903. The number of hydrogen-bond acceptors (Lipinski definition) is 4. The summed E-state index contributed by atoms with van der Waals surface area (Å²) in [6.45, 7) is 12.7. The van der Waals surface area contributed by atoms with Gasteiger partial charge in [-0.15, -0.1) is 0 Å². The van der Waals surface area contributed by atoms with E-state index in [4.69, 9.17) is 9.16 Å². The second kappa shape index (κ2) is 9.47. The Hall–Kier alpha value is -2.77. The van der Waals surface area contributed by atoms with Crippen molar-refractivity contribution in [3.05, 3.63) is 48.7 Å². The van der Waals surface area contributed by atoms with Crippen LogP contribution in [0.3, 0.4) is 0 Å². The fourth-order valence-electron chi connectivity index (χ4n) is 3.81. The highest BCUT2D eigenvalue weighted by Crippen LogP contribution is 2.37. The molecule has 2 aromatic carbocycles. The van der Waals surface area contributed by atoms with Crippen LogP contribution >= 0.6 is 0 Å². The smallest absolute Gasteiger partial charge is 0.227 e. The van der Waals surface area contributed by atoms with E-state index in [0.717, 1.165) is 46.6 Å². The van der Waals surface area contributed by atoms with E-state index in [-0.39, 0.29) is 16.9 Å². The SMILES string of the molecule is COc1ccccc1-n1ccc2cc(NCCO[Si](C)(C)C(C)(C)C)cc(NC(=O)C3CC3)c21. The number of fused-ring (bicyclic) bond motifs is 1. The standard InChI is InChI=1S/C27H37N3O3Si/c1-27(2,3)34(5,6)33-16-14-28-21-17-20-13-15-30(23-9-7-8-10-24(23)32-4)25(20)22(18-21)29-26(31)19-11-12-19/h7-10,13,15,17-19,28H,11-12,14,16H2,1-6H3,(H,29,31). The second-order valence-corrected chi connectivity index (χ2v) is 15.4. The molecule has 1 aliphatic rings. The molecule has 34 heavy (non-hydrogen) atoms. The predicted octanol–water partition coefficient (Wildman–Crippen LogP) is 6.42. The summed E-state index contributed by atoms with van der Waals surface area (Å²) >= 11 is 0. The Bertz CT molecular complexity index is 1180. The number of carbonyl (C=O) groups is 1. The molecule has 0 spiro atoms. The molecule has 0 radical (unpaired) electrons. The molecule has 0 atom stereocenters. The maximum atomic E-state index is 12.7. The lowest BCUT2D eigenvalue weighted by atomic mass is 10.1. The monoisotopic (exact) mass is 479 g/mol. The van der Waals surface area contributed by atoms with E-state index in [1.165, 1.54) is 0 Å². The van der Waals surface area contributed by atoms with E-state index in [2.05, 4.69) is 61.2 Å². The van der Waals surface area contributed by atoms with Crippen LogP contribution in [0.15, 0.2) is 48.7 Å². The van der Waals surface area contributed by atoms with Gasteiger partial charge in [-0.3, -0.25) is 4.79 Å². The molecule has 0 unspecified atom stereocenters. The number of aromatic nitrogens is 1. The topological polar surface area (TPSA) is 64.5 Å². The van der Waals surface area contributed by atoms with Gasteiger partial charge in [0.15, 0.2) is 8.32 Å². The summed E-state index contributed by atoms with van der Waals surface area (Å²) < 4.78 is 14.0. The molecular formula is C27H37N3O3Si. The zero-order valence-electron chi connectivity index (χ0n) is 21.2. The maximum absolute atomic E-state index is 12.7. The number of para-hydroxylation sites is 2. The lowest BCUT2D eigenvalue weighted by molar-refractivity contribution is -0.117. The van der Waals surface area contributed by atoms with Crippen molar-refractivity contribution in [2.45, 2.75) is 51.7 Å². The molecule has 6 nitrogen and oxygen atoms in total. The zero-order chi connectivity index (χ0) is 24.5. The Kier molecular flexibility index (Phi) is 6.78. The van der Waals surface area contributed by atoms with Crippen molar-refractivity contribution >= 4 is 36.5 Å². The lowest BCUT2D eigenvalue weighted by Gasteiger charge is -2.36. The Balaban J connectivity index is 1.61. The normalized spacial score (nSPS) is 14.3. The number of rotatable bonds is 9. The van der Waals surface area contributed by atoms with Gasteiger partial charge in [0.25, 0.3) is 0 Å². The highest BCUT2D eigenvalue weighted by Gasteiger charge is 2.36. The Morgan fingerprint density at radius 1 is 1.15 bits per heavy atom. The van der Waals surface area contributed by atoms with Gasteiger partial charge in [-0.25, -0.2) is 0 Å².